The van der Waals surface area contributed by atoms with Gasteiger partial charge in [0.2, 0.25) is 11.8 Å². The van der Waals surface area contributed by atoms with E-state index >= 15 is 0 Å². The number of aryl methyl sites for hydroxylation is 1. The Morgan fingerprint density at radius 3 is 2.34 bits per heavy atom. The highest BCUT2D eigenvalue weighted by Crippen LogP contribution is 2.19. The Morgan fingerprint density at radius 1 is 0.895 bits per heavy atom. The van der Waals surface area contributed by atoms with Crippen molar-refractivity contribution in [1.29, 1.82) is 0 Å². The molecule has 196 valence electrons. The summed E-state index contributed by atoms with van der Waals surface area (Å²) in [6.45, 7) is 7.82. The number of carbonyl (C=O) groups is 2. The highest BCUT2D eigenvalue weighted by molar-refractivity contribution is 5.94. The lowest BCUT2D eigenvalue weighted by molar-refractivity contribution is -0.139. The van der Waals surface area contributed by atoms with Gasteiger partial charge >= 0.3 is 0 Å². The van der Waals surface area contributed by atoms with Crippen LogP contribution in [-0.4, -0.2) is 46.2 Å². The van der Waals surface area contributed by atoms with Crippen LogP contribution in [0.5, 0.6) is 0 Å². The van der Waals surface area contributed by atoms with E-state index < -0.39 is 0 Å². The van der Waals surface area contributed by atoms with Crippen LogP contribution in [0.3, 0.4) is 0 Å². The van der Waals surface area contributed by atoms with Crippen molar-refractivity contribution in [2.75, 3.05) is 19.6 Å². The highest BCUT2D eigenvalue weighted by atomic mass is 16.2. The molecule has 5 heteroatoms. The number of para-hydroxylation sites is 1. The molecule has 0 aliphatic rings. The van der Waals surface area contributed by atoms with Gasteiger partial charge in [-0.15, -0.1) is 0 Å². The summed E-state index contributed by atoms with van der Waals surface area (Å²) in [7, 11) is 0. The standard InChI is InChI=1S/C33H37N3O2/c1-25(2)22-36(32(37)18-17-27-9-5-4-6-10-27)24-33(38)35(23-28-15-13-26(3)14-16-28)20-19-29-21-34-31-12-8-7-11-30(29)31/h4-18,21,25,34H,19-20,22-24H2,1-3H3. The second-order valence-electron chi connectivity index (χ2n) is 10.3. The monoisotopic (exact) mass is 507 g/mol. The molecule has 3 aromatic carbocycles. The molecular formula is C33H37N3O2. The maximum absolute atomic E-state index is 13.7. The molecule has 2 amide bonds. The zero-order valence-corrected chi connectivity index (χ0v) is 22.6. The Morgan fingerprint density at radius 2 is 1.61 bits per heavy atom. The number of aromatic amines is 1. The van der Waals surface area contributed by atoms with Gasteiger partial charge in [-0.25, -0.2) is 0 Å². The summed E-state index contributed by atoms with van der Waals surface area (Å²) >= 11 is 0. The van der Waals surface area contributed by atoms with Crippen LogP contribution < -0.4 is 0 Å². The molecule has 0 unspecified atom stereocenters. The highest BCUT2D eigenvalue weighted by Gasteiger charge is 2.21. The fraction of sp³-hybridized carbons (Fsp3) is 0.273. The Kier molecular flexibility index (Phi) is 9.15. The van der Waals surface area contributed by atoms with E-state index in [4.69, 9.17) is 0 Å². The number of carbonyl (C=O) groups excluding carboxylic acids is 2. The largest absolute Gasteiger partial charge is 0.361 e. The van der Waals surface area contributed by atoms with Gasteiger partial charge in [0.1, 0.15) is 6.54 Å². The number of nitrogens with zero attached hydrogens (tertiary/aromatic N) is 2. The predicted octanol–water partition coefficient (Wildman–Crippen LogP) is 6.25. The number of amides is 2. The van der Waals surface area contributed by atoms with Crippen LogP contribution in [0, 0.1) is 12.8 Å². The smallest absolute Gasteiger partial charge is 0.247 e. The molecule has 0 bridgehead atoms. The first-order valence-electron chi connectivity index (χ1n) is 13.3. The first-order chi connectivity index (χ1) is 18.4. The Hall–Kier alpha value is -4.12. The van der Waals surface area contributed by atoms with Gasteiger partial charge in [0.25, 0.3) is 0 Å². The molecule has 0 radical (unpaired) electrons. The number of benzene rings is 3. The van der Waals surface area contributed by atoms with Crippen molar-refractivity contribution >= 4 is 28.8 Å². The van der Waals surface area contributed by atoms with Crippen LogP contribution >= 0.6 is 0 Å². The molecule has 0 aliphatic carbocycles. The summed E-state index contributed by atoms with van der Waals surface area (Å²) < 4.78 is 0. The normalized spacial score (nSPS) is 11.4. The first-order valence-corrected chi connectivity index (χ1v) is 13.3. The molecule has 5 nitrogen and oxygen atoms in total. The number of H-pyrrole nitrogens is 1. The van der Waals surface area contributed by atoms with Crippen LogP contribution in [-0.2, 0) is 22.6 Å². The molecule has 4 rings (SSSR count). The molecule has 0 atom stereocenters. The van der Waals surface area contributed by atoms with Crippen LogP contribution in [0.2, 0.25) is 0 Å². The van der Waals surface area contributed by atoms with E-state index in [0.29, 0.717) is 19.6 Å². The summed E-state index contributed by atoms with van der Waals surface area (Å²) in [4.78, 5) is 33.7. The molecule has 0 saturated carbocycles. The van der Waals surface area contributed by atoms with E-state index in [9.17, 15) is 9.59 Å². The maximum Gasteiger partial charge on any atom is 0.247 e. The third kappa shape index (κ3) is 7.45. The second kappa shape index (κ2) is 12.9. The molecule has 1 aromatic heterocycles. The molecule has 0 fully saturated rings. The van der Waals surface area contributed by atoms with Gasteiger partial charge in [0.05, 0.1) is 0 Å². The summed E-state index contributed by atoms with van der Waals surface area (Å²) in [5.74, 6) is 0.0454. The lowest BCUT2D eigenvalue weighted by Gasteiger charge is -2.28. The maximum atomic E-state index is 13.7. The Balaban J connectivity index is 1.51. The topological polar surface area (TPSA) is 56.4 Å². The van der Waals surface area contributed by atoms with Crippen LogP contribution in [0.4, 0.5) is 0 Å². The van der Waals surface area contributed by atoms with Crippen molar-refractivity contribution in [1.82, 2.24) is 14.8 Å². The minimum atomic E-state index is -0.150. The van der Waals surface area contributed by atoms with Gasteiger partial charge in [-0.2, -0.15) is 0 Å². The van der Waals surface area contributed by atoms with E-state index in [1.54, 1.807) is 17.1 Å². The average molecular weight is 508 g/mol. The number of fused-ring (bicyclic) bond motifs is 1. The number of hydrogen-bond acceptors (Lipinski definition) is 2. The second-order valence-corrected chi connectivity index (χ2v) is 10.3. The lowest BCUT2D eigenvalue weighted by Crippen LogP contribution is -2.44. The van der Waals surface area contributed by atoms with E-state index in [1.807, 2.05) is 53.6 Å². The predicted molar refractivity (Wildman–Crippen MR) is 155 cm³/mol. The summed E-state index contributed by atoms with van der Waals surface area (Å²) in [6.07, 6.45) is 6.14. The summed E-state index contributed by atoms with van der Waals surface area (Å²) in [5, 5.41) is 1.18. The number of hydrogen-bond donors (Lipinski definition) is 1. The van der Waals surface area contributed by atoms with Crippen molar-refractivity contribution in [3.8, 4) is 0 Å². The molecule has 4 aromatic rings. The van der Waals surface area contributed by atoms with Crippen molar-refractivity contribution in [3.63, 3.8) is 0 Å². The van der Waals surface area contributed by atoms with Gasteiger partial charge in [0.15, 0.2) is 0 Å². The number of aromatic nitrogens is 1. The van der Waals surface area contributed by atoms with E-state index in [-0.39, 0.29) is 24.3 Å². The minimum Gasteiger partial charge on any atom is -0.361 e. The zero-order valence-electron chi connectivity index (χ0n) is 22.6. The SMILES string of the molecule is Cc1ccc(CN(CCc2c[nH]c3ccccc23)C(=O)CN(CC(C)C)C(=O)C=Cc2ccccc2)cc1. The van der Waals surface area contributed by atoms with Crippen LogP contribution in [0.25, 0.3) is 17.0 Å². The lowest BCUT2D eigenvalue weighted by atomic mass is 10.1. The fourth-order valence-electron chi connectivity index (χ4n) is 4.57. The average Bonchev–Trinajstić information content (AvgIpc) is 3.33. The van der Waals surface area contributed by atoms with Gasteiger partial charge in [-0.1, -0.05) is 92.2 Å². The molecule has 38 heavy (non-hydrogen) atoms. The summed E-state index contributed by atoms with van der Waals surface area (Å²) in [5.41, 5.74) is 5.50. The van der Waals surface area contributed by atoms with Crippen molar-refractivity contribution in [3.05, 3.63) is 113 Å². The molecule has 1 heterocycles. The summed E-state index contributed by atoms with van der Waals surface area (Å²) in [6, 6.07) is 26.2. The van der Waals surface area contributed by atoms with Gasteiger partial charge in [-0.05, 0) is 48.1 Å². The molecule has 0 saturated heterocycles. The molecule has 0 aliphatic heterocycles. The third-order valence-corrected chi connectivity index (χ3v) is 6.61. The van der Waals surface area contributed by atoms with Gasteiger partial charge in [0, 0.05) is 42.8 Å². The van der Waals surface area contributed by atoms with Crippen molar-refractivity contribution < 1.29 is 9.59 Å². The minimum absolute atomic E-state index is 0.0486. The van der Waals surface area contributed by atoms with Crippen molar-refractivity contribution in [2.24, 2.45) is 5.92 Å². The number of nitrogens with one attached hydrogen (secondary N) is 1. The third-order valence-electron chi connectivity index (χ3n) is 6.61. The van der Waals surface area contributed by atoms with Crippen molar-refractivity contribution in [2.45, 2.75) is 33.7 Å². The molecule has 1 N–H and O–H groups in total. The fourth-order valence-corrected chi connectivity index (χ4v) is 4.57. The van der Waals surface area contributed by atoms with Crippen LogP contribution in [0.1, 0.15) is 36.1 Å². The van der Waals surface area contributed by atoms with E-state index in [1.165, 1.54) is 16.5 Å². The molecular weight excluding hydrogens is 470 g/mol. The first kappa shape index (κ1) is 26.9. The quantitative estimate of drug-likeness (QED) is 0.244. The number of rotatable bonds is 11. The van der Waals surface area contributed by atoms with Gasteiger partial charge in [-0.3, -0.25) is 9.59 Å². The molecule has 0 spiro atoms. The Bertz CT molecular complexity index is 1370. The Labute approximate surface area is 225 Å². The van der Waals surface area contributed by atoms with E-state index in [0.717, 1.165) is 23.1 Å². The van der Waals surface area contributed by atoms with Crippen LogP contribution in [0.15, 0.2) is 91.1 Å². The van der Waals surface area contributed by atoms with E-state index in [2.05, 4.69) is 62.2 Å². The zero-order chi connectivity index (χ0) is 26.9. The van der Waals surface area contributed by atoms with Gasteiger partial charge < -0.3 is 14.8 Å².